The first-order valence-corrected chi connectivity index (χ1v) is 7.93. The number of rotatable bonds is 9. The first-order chi connectivity index (χ1) is 9.31. The quantitative estimate of drug-likeness (QED) is 0.410. The van der Waals surface area contributed by atoms with Crippen molar-refractivity contribution in [2.24, 2.45) is 4.90 Å². The lowest BCUT2D eigenvalue weighted by Crippen LogP contribution is -2.14. The van der Waals surface area contributed by atoms with Crippen LogP contribution in [0.25, 0.3) is 0 Å². The molecule has 0 saturated carbocycles. The minimum Gasteiger partial charge on any atom is -0.345 e. The molecule has 0 fully saturated rings. The minimum atomic E-state index is 0.523. The molecule has 0 aliphatic carbocycles. The highest BCUT2D eigenvalue weighted by Gasteiger charge is 2.13. The van der Waals surface area contributed by atoms with Crippen LogP contribution in [0, 0.1) is 0 Å². The maximum absolute atomic E-state index is 5.06. The molecular formula is C17H28BN. The number of hydrogen-bond donors (Lipinski definition) is 0. The van der Waals surface area contributed by atoms with E-state index in [0.29, 0.717) is 6.85 Å². The summed E-state index contributed by atoms with van der Waals surface area (Å²) < 4.78 is 0. The third-order valence-corrected chi connectivity index (χ3v) is 3.56. The zero-order valence-corrected chi connectivity index (χ0v) is 12.9. The SMILES string of the molecule is CCCCB(CCCC)N=C(CC)c1ccccc1. The molecular weight excluding hydrogens is 229 g/mol. The van der Waals surface area contributed by atoms with Crippen LogP contribution in [-0.2, 0) is 0 Å². The lowest BCUT2D eigenvalue weighted by Gasteiger charge is -2.11. The molecule has 1 nitrogen and oxygen atoms in total. The zero-order valence-electron chi connectivity index (χ0n) is 12.9. The van der Waals surface area contributed by atoms with Crippen molar-refractivity contribution in [3.05, 3.63) is 35.9 Å². The van der Waals surface area contributed by atoms with Crippen LogP contribution in [0.2, 0.25) is 12.6 Å². The summed E-state index contributed by atoms with van der Waals surface area (Å²) in [6, 6.07) is 10.6. The highest BCUT2D eigenvalue weighted by atomic mass is 14.6. The normalized spacial score (nSPS) is 11.6. The summed E-state index contributed by atoms with van der Waals surface area (Å²) in [6.45, 7) is 7.26. The van der Waals surface area contributed by atoms with E-state index in [4.69, 9.17) is 4.90 Å². The Kier molecular flexibility index (Phi) is 8.28. The average Bonchev–Trinajstić information content (AvgIpc) is 2.47. The van der Waals surface area contributed by atoms with Gasteiger partial charge in [-0.1, -0.05) is 89.4 Å². The summed E-state index contributed by atoms with van der Waals surface area (Å²) >= 11 is 0. The Labute approximate surface area is 119 Å². The second-order valence-corrected chi connectivity index (χ2v) is 5.23. The molecule has 1 rings (SSSR count). The van der Waals surface area contributed by atoms with E-state index in [1.165, 1.54) is 49.6 Å². The molecule has 0 unspecified atom stereocenters. The molecule has 0 aliphatic rings. The van der Waals surface area contributed by atoms with Crippen molar-refractivity contribution in [3.63, 3.8) is 0 Å². The molecule has 104 valence electrons. The molecule has 0 heterocycles. The smallest absolute Gasteiger partial charge is 0.279 e. The van der Waals surface area contributed by atoms with Crippen LogP contribution >= 0.6 is 0 Å². The van der Waals surface area contributed by atoms with Crippen LogP contribution in [0.15, 0.2) is 35.2 Å². The lowest BCUT2D eigenvalue weighted by atomic mass is 9.55. The van der Waals surface area contributed by atoms with Gasteiger partial charge in [-0.2, -0.15) is 0 Å². The third kappa shape index (κ3) is 6.09. The first kappa shape index (κ1) is 16.0. The van der Waals surface area contributed by atoms with E-state index >= 15 is 0 Å². The van der Waals surface area contributed by atoms with Crippen LogP contribution < -0.4 is 0 Å². The molecule has 0 aromatic heterocycles. The molecule has 0 aliphatic heterocycles. The topological polar surface area (TPSA) is 12.4 Å². The van der Waals surface area contributed by atoms with E-state index in [-0.39, 0.29) is 0 Å². The Morgan fingerprint density at radius 2 is 1.53 bits per heavy atom. The molecule has 0 N–H and O–H groups in total. The number of unbranched alkanes of at least 4 members (excludes halogenated alkanes) is 2. The number of benzene rings is 1. The summed E-state index contributed by atoms with van der Waals surface area (Å²) in [7, 11) is 0. The van der Waals surface area contributed by atoms with E-state index in [9.17, 15) is 0 Å². The van der Waals surface area contributed by atoms with Gasteiger partial charge in [-0.25, -0.2) is 0 Å². The molecule has 0 atom stereocenters. The highest BCUT2D eigenvalue weighted by molar-refractivity contribution is 6.58. The highest BCUT2D eigenvalue weighted by Crippen LogP contribution is 2.14. The van der Waals surface area contributed by atoms with Crippen molar-refractivity contribution in [1.29, 1.82) is 0 Å². The Morgan fingerprint density at radius 1 is 0.947 bits per heavy atom. The summed E-state index contributed by atoms with van der Waals surface area (Å²) in [5.74, 6) is 0. The monoisotopic (exact) mass is 257 g/mol. The zero-order chi connectivity index (χ0) is 13.9. The van der Waals surface area contributed by atoms with Gasteiger partial charge < -0.3 is 4.90 Å². The van der Waals surface area contributed by atoms with Gasteiger partial charge in [0.1, 0.15) is 0 Å². The van der Waals surface area contributed by atoms with Crippen LogP contribution in [0.5, 0.6) is 0 Å². The third-order valence-electron chi connectivity index (χ3n) is 3.56. The molecule has 19 heavy (non-hydrogen) atoms. The van der Waals surface area contributed by atoms with Gasteiger partial charge in [0, 0.05) is 5.71 Å². The van der Waals surface area contributed by atoms with Gasteiger partial charge in [-0.3, -0.25) is 0 Å². The van der Waals surface area contributed by atoms with E-state index in [0.717, 1.165) is 6.42 Å². The fraction of sp³-hybridized carbons (Fsp3) is 0.588. The standard InChI is InChI=1S/C17H28BN/c1-4-7-14-18(15-8-5-2)19-17(6-3)16-12-10-9-11-13-16/h9-13H,4-8,14-15H2,1-3H3. The minimum absolute atomic E-state index is 0.523. The Morgan fingerprint density at radius 3 is 2.00 bits per heavy atom. The van der Waals surface area contributed by atoms with Crippen molar-refractivity contribution >= 4 is 12.6 Å². The second-order valence-electron chi connectivity index (χ2n) is 5.23. The maximum Gasteiger partial charge on any atom is 0.279 e. The Balaban J connectivity index is 2.77. The maximum atomic E-state index is 5.06. The summed E-state index contributed by atoms with van der Waals surface area (Å²) in [4.78, 5) is 5.06. The Hall–Kier alpha value is -1.05. The van der Waals surface area contributed by atoms with E-state index in [1.807, 2.05) is 0 Å². The van der Waals surface area contributed by atoms with Crippen molar-refractivity contribution in [3.8, 4) is 0 Å². The molecule has 1 aromatic rings. The van der Waals surface area contributed by atoms with Gasteiger partial charge in [0.25, 0.3) is 6.85 Å². The van der Waals surface area contributed by atoms with E-state index < -0.39 is 0 Å². The molecule has 0 saturated heterocycles. The predicted octanol–water partition coefficient (Wildman–Crippen LogP) is 5.48. The van der Waals surface area contributed by atoms with Gasteiger partial charge in [-0.05, 0) is 12.0 Å². The summed E-state index contributed by atoms with van der Waals surface area (Å²) in [5, 5.41) is 0. The van der Waals surface area contributed by atoms with Crippen molar-refractivity contribution in [2.45, 2.75) is 65.5 Å². The largest absolute Gasteiger partial charge is 0.345 e. The molecule has 0 spiro atoms. The first-order valence-electron chi connectivity index (χ1n) is 7.93. The van der Waals surface area contributed by atoms with Gasteiger partial charge in [0.15, 0.2) is 0 Å². The average molecular weight is 257 g/mol. The second kappa shape index (κ2) is 9.83. The van der Waals surface area contributed by atoms with Gasteiger partial charge >= 0.3 is 0 Å². The lowest BCUT2D eigenvalue weighted by molar-refractivity contribution is 0.839. The fourth-order valence-corrected chi connectivity index (χ4v) is 2.37. The number of hydrogen-bond acceptors (Lipinski definition) is 1. The summed E-state index contributed by atoms with van der Waals surface area (Å²) in [6.07, 6.45) is 8.64. The van der Waals surface area contributed by atoms with Crippen LogP contribution in [0.3, 0.4) is 0 Å². The van der Waals surface area contributed by atoms with Crippen LogP contribution in [-0.4, -0.2) is 12.6 Å². The molecule has 2 heteroatoms. The van der Waals surface area contributed by atoms with Crippen LogP contribution in [0.1, 0.15) is 58.4 Å². The molecule has 1 aromatic carbocycles. The van der Waals surface area contributed by atoms with Crippen molar-refractivity contribution in [1.82, 2.24) is 0 Å². The Bertz CT molecular complexity index is 351. The van der Waals surface area contributed by atoms with Crippen LogP contribution in [0.4, 0.5) is 0 Å². The number of nitrogens with zero attached hydrogens (tertiary/aromatic N) is 1. The summed E-state index contributed by atoms with van der Waals surface area (Å²) in [5.41, 5.74) is 2.57. The van der Waals surface area contributed by atoms with Gasteiger partial charge in [-0.15, -0.1) is 0 Å². The van der Waals surface area contributed by atoms with Crippen molar-refractivity contribution < 1.29 is 0 Å². The predicted molar refractivity (Wildman–Crippen MR) is 88.5 cm³/mol. The van der Waals surface area contributed by atoms with Gasteiger partial charge in [0.2, 0.25) is 0 Å². The fourth-order valence-electron chi connectivity index (χ4n) is 2.37. The van der Waals surface area contributed by atoms with Crippen molar-refractivity contribution in [2.75, 3.05) is 0 Å². The molecule has 0 amide bonds. The molecule has 0 radical (unpaired) electrons. The van der Waals surface area contributed by atoms with E-state index in [1.54, 1.807) is 0 Å². The van der Waals surface area contributed by atoms with E-state index in [2.05, 4.69) is 51.1 Å². The molecule has 0 bridgehead atoms. The van der Waals surface area contributed by atoms with Gasteiger partial charge in [0.05, 0.1) is 0 Å².